The molecule has 0 radical (unpaired) electrons. The van der Waals surface area contributed by atoms with E-state index in [9.17, 15) is 8.42 Å². The summed E-state index contributed by atoms with van der Waals surface area (Å²) in [4.78, 5) is 0. The Morgan fingerprint density at radius 3 is 2.20 bits per heavy atom. The highest BCUT2D eigenvalue weighted by molar-refractivity contribution is 7.92. The van der Waals surface area contributed by atoms with Crippen LogP contribution < -0.4 is 0 Å². The molecule has 1 rings (SSSR count). The first-order valence-electron chi connectivity index (χ1n) is 3.32. The van der Waals surface area contributed by atoms with Gasteiger partial charge in [-0.3, -0.25) is 0 Å². The minimum absolute atomic E-state index is 0.408. The van der Waals surface area contributed by atoms with E-state index in [0.29, 0.717) is 6.42 Å². The van der Waals surface area contributed by atoms with Crippen LogP contribution in [-0.4, -0.2) is 19.4 Å². The molecule has 10 heavy (non-hydrogen) atoms. The van der Waals surface area contributed by atoms with Crippen LogP contribution in [-0.2, 0) is 9.84 Å². The molecule has 2 nitrogen and oxygen atoms in total. The summed E-state index contributed by atoms with van der Waals surface area (Å²) in [6.45, 7) is 3.53. The molecule has 58 valence electrons. The van der Waals surface area contributed by atoms with Crippen LogP contribution in [0.25, 0.3) is 0 Å². The average Bonchev–Trinajstić information content (AvgIpc) is 2.45. The van der Waals surface area contributed by atoms with Crippen molar-refractivity contribution in [2.75, 3.05) is 6.26 Å². The van der Waals surface area contributed by atoms with Crippen molar-refractivity contribution in [3.63, 3.8) is 0 Å². The van der Waals surface area contributed by atoms with Crippen LogP contribution in [0.4, 0.5) is 0 Å². The second kappa shape index (κ2) is 2.09. The second-order valence-electron chi connectivity index (χ2n) is 2.95. The highest BCUT2D eigenvalue weighted by Gasteiger charge is 2.50. The number of allylic oxidation sites excluding steroid dienone is 1. The van der Waals surface area contributed by atoms with E-state index in [1.54, 1.807) is 6.08 Å². The molecule has 0 amide bonds. The van der Waals surface area contributed by atoms with Gasteiger partial charge in [0.2, 0.25) is 0 Å². The predicted octanol–water partition coefficient (Wildman–Crippen LogP) is 1.14. The van der Waals surface area contributed by atoms with Gasteiger partial charge < -0.3 is 0 Å². The maximum Gasteiger partial charge on any atom is 0.153 e. The van der Waals surface area contributed by atoms with E-state index >= 15 is 0 Å². The SMILES string of the molecule is C=CCC1(S(C)(=O)=O)CC1. The molecule has 1 aliphatic rings. The lowest BCUT2D eigenvalue weighted by atomic mass is 10.3. The van der Waals surface area contributed by atoms with E-state index in [4.69, 9.17) is 0 Å². The van der Waals surface area contributed by atoms with E-state index in [-0.39, 0.29) is 0 Å². The molecule has 0 heterocycles. The Kier molecular flexibility index (Phi) is 1.63. The first-order valence-corrected chi connectivity index (χ1v) is 5.21. The summed E-state index contributed by atoms with van der Waals surface area (Å²) in [7, 11) is -2.82. The molecule has 0 aromatic rings. The fraction of sp³-hybridized carbons (Fsp3) is 0.714. The van der Waals surface area contributed by atoms with Crippen molar-refractivity contribution in [1.82, 2.24) is 0 Å². The molecule has 1 fully saturated rings. The summed E-state index contributed by atoms with van der Waals surface area (Å²) in [6.07, 6.45) is 5.25. The average molecular weight is 160 g/mol. The second-order valence-corrected chi connectivity index (χ2v) is 5.36. The van der Waals surface area contributed by atoms with Gasteiger partial charge in [-0.05, 0) is 19.3 Å². The topological polar surface area (TPSA) is 34.1 Å². The van der Waals surface area contributed by atoms with Gasteiger partial charge in [-0.1, -0.05) is 6.08 Å². The Morgan fingerprint density at radius 1 is 1.60 bits per heavy atom. The molecule has 3 heteroatoms. The van der Waals surface area contributed by atoms with Gasteiger partial charge in [-0.15, -0.1) is 6.58 Å². The lowest BCUT2D eigenvalue weighted by molar-refractivity contribution is 0.583. The highest BCUT2D eigenvalue weighted by Crippen LogP contribution is 2.46. The molecule has 0 unspecified atom stereocenters. The van der Waals surface area contributed by atoms with E-state index < -0.39 is 14.6 Å². The van der Waals surface area contributed by atoms with Crippen LogP contribution in [0, 0.1) is 0 Å². The third kappa shape index (κ3) is 1.10. The van der Waals surface area contributed by atoms with Crippen molar-refractivity contribution in [3.05, 3.63) is 12.7 Å². The maximum atomic E-state index is 11.1. The number of sulfone groups is 1. The van der Waals surface area contributed by atoms with Gasteiger partial charge in [0, 0.05) is 6.26 Å². The third-order valence-corrected chi connectivity index (χ3v) is 4.26. The van der Waals surface area contributed by atoms with Crippen molar-refractivity contribution in [3.8, 4) is 0 Å². The lowest BCUT2D eigenvalue weighted by Crippen LogP contribution is -2.20. The zero-order chi connectivity index (χ0) is 7.83. The smallest absolute Gasteiger partial charge is 0.153 e. The van der Waals surface area contributed by atoms with Gasteiger partial charge >= 0.3 is 0 Å². The van der Waals surface area contributed by atoms with Gasteiger partial charge in [-0.2, -0.15) is 0 Å². The van der Waals surface area contributed by atoms with Crippen molar-refractivity contribution < 1.29 is 8.42 Å². The maximum absolute atomic E-state index is 11.1. The van der Waals surface area contributed by atoms with E-state index in [0.717, 1.165) is 12.8 Å². The Labute approximate surface area is 61.9 Å². The number of rotatable bonds is 3. The molecule has 0 bridgehead atoms. The van der Waals surface area contributed by atoms with Crippen LogP contribution in [0.3, 0.4) is 0 Å². The molecule has 0 N–H and O–H groups in total. The van der Waals surface area contributed by atoms with Crippen molar-refractivity contribution >= 4 is 9.84 Å². The van der Waals surface area contributed by atoms with Gasteiger partial charge in [0.15, 0.2) is 9.84 Å². The molecule has 0 aromatic carbocycles. The van der Waals surface area contributed by atoms with Gasteiger partial charge in [-0.25, -0.2) is 8.42 Å². The molecule has 0 spiro atoms. The van der Waals surface area contributed by atoms with Crippen LogP contribution in [0.2, 0.25) is 0 Å². The van der Waals surface area contributed by atoms with Gasteiger partial charge in [0.1, 0.15) is 0 Å². The Bertz CT molecular complexity index is 234. The van der Waals surface area contributed by atoms with Gasteiger partial charge in [0.25, 0.3) is 0 Å². The van der Waals surface area contributed by atoms with E-state index in [2.05, 4.69) is 6.58 Å². The molecule has 0 saturated heterocycles. The van der Waals surface area contributed by atoms with Crippen LogP contribution in [0.15, 0.2) is 12.7 Å². The third-order valence-electron chi connectivity index (χ3n) is 2.11. The summed E-state index contributed by atoms with van der Waals surface area (Å²) < 4.78 is 21.7. The normalized spacial score (nSPS) is 22.1. The largest absolute Gasteiger partial charge is 0.229 e. The van der Waals surface area contributed by atoms with E-state index in [1.807, 2.05) is 0 Å². The summed E-state index contributed by atoms with van der Waals surface area (Å²) in [5.41, 5.74) is 0. The first kappa shape index (κ1) is 7.79. The number of hydrogen-bond acceptors (Lipinski definition) is 2. The van der Waals surface area contributed by atoms with Crippen LogP contribution in [0.5, 0.6) is 0 Å². The molecule has 1 saturated carbocycles. The lowest BCUT2D eigenvalue weighted by Gasteiger charge is -2.08. The molecule has 0 aromatic heterocycles. The fourth-order valence-electron chi connectivity index (χ4n) is 1.13. The summed E-state index contributed by atoms with van der Waals surface area (Å²) >= 11 is 0. The molecular weight excluding hydrogens is 148 g/mol. The van der Waals surface area contributed by atoms with Crippen molar-refractivity contribution in [2.45, 2.75) is 24.0 Å². The zero-order valence-electron chi connectivity index (χ0n) is 6.13. The Balaban J connectivity index is 2.80. The van der Waals surface area contributed by atoms with E-state index in [1.165, 1.54) is 6.26 Å². The molecule has 0 aliphatic heterocycles. The quantitative estimate of drug-likeness (QED) is 0.580. The Hall–Kier alpha value is -0.310. The Morgan fingerprint density at radius 2 is 2.10 bits per heavy atom. The summed E-state index contributed by atoms with van der Waals surface area (Å²) in [6, 6.07) is 0. The predicted molar refractivity (Wildman–Crippen MR) is 41.6 cm³/mol. The van der Waals surface area contributed by atoms with Crippen LogP contribution >= 0.6 is 0 Å². The minimum atomic E-state index is -2.82. The summed E-state index contributed by atoms with van der Waals surface area (Å²) in [5, 5.41) is 0. The fourth-order valence-corrected chi connectivity index (χ4v) is 2.39. The van der Waals surface area contributed by atoms with Crippen molar-refractivity contribution in [1.29, 1.82) is 0 Å². The van der Waals surface area contributed by atoms with Crippen molar-refractivity contribution in [2.24, 2.45) is 0 Å². The van der Waals surface area contributed by atoms with Crippen LogP contribution in [0.1, 0.15) is 19.3 Å². The molecule has 0 atom stereocenters. The zero-order valence-corrected chi connectivity index (χ0v) is 6.95. The highest BCUT2D eigenvalue weighted by atomic mass is 32.2. The number of hydrogen-bond donors (Lipinski definition) is 0. The first-order chi connectivity index (χ1) is 4.52. The van der Waals surface area contributed by atoms with Gasteiger partial charge in [0.05, 0.1) is 4.75 Å². The molecular formula is C7H12O2S. The monoisotopic (exact) mass is 160 g/mol. The standard InChI is InChI=1S/C7H12O2S/c1-3-4-7(5-6-7)10(2,8)9/h3H,1,4-6H2,2H3. The molecule has 1 aliphatic carbocycles. The minimum Gasteiger partial charge on any atom is -0.229 e. The summed E-state index contributed by atoms with van der Waals surface area (Å²) in [5.74, 6) is 0.